The zero-order valence-corrected chi connectivity index (χ0v) is 13.5. The number of halogens is 1. The van der Waals surface area contributed by atoms with E-state index in [-0.39, 0.29) is 24.9 Å². The van der Waals surface area contributed by atoms with E-state index >= 15 is 0 Å². The van der Waals surface area contributed by atoms with Crippen LogP contribution in [0.25, 0.3) is 0 Å². The minimum atomic E-state index is -0.293. The molecule has 0 aliphatic carbocycles. The molecule has 0 bridgehead atoms. The molecule has 1 amide bonds. The van der Waals surface area contributed by atoms with Gasteiger partial charge in [0.2, 0.25) is 5.91 Å². The van der Waals surface area contributed by atoms with Crippen LogP contribution in [0.4, 0.5) is 10.1 Å². The molecule has 0 aliphatic rings. The summed E-state index contributed by atoms with van der Waals surface area (Å²) < 4.78 is 23.7. The molecule has 2 aromatic carbocycles. The highest BCUT2D eigenvalue weighted by molar-refractivity contribution is 5.92. The van der Waals surface area contributed by atoms with Gasteiger partial charge in [-0.25, -0.2) is 4.39 Å². The molecule has 5 nitrogen and oxygen atoms in total. The molecular formula is C18H21FN2O3. The number of nitrogens with one attached hydrogen (secondary N) is 2. The zero-order chi connectivity index (χ0) is 17.2. The highest BCUT2D eigenvalue weighted by Crippen LogP contribution is 2.18. The summed E-state index contributed by atoms with van der Waals surface area (Å²) in [7, 11) is 1.61. The van der Waals surface area contributed by atoms with E-state index in [2.05, 4.69) is 10.6 Å². The van der Waals surface area contributed by atoms with E-state index in [9.17, 15) is 9.18 Å². The number of amides is 1. The quantitative estimate of drug-likeness (QED) is 0.693. The smallest absolute Gasteiger partial charge is 0.238 e. The molecule has 6 heteroatoms. The molecule has 0 fully saturated rings. The number of anilines is 1. The molecule has 2 rings (SSSR count). The first kappa shape index (κ1) is 17.9. The number of hydrogen-bond donors (Lipinski definition) is 2. The monoisotopic (exact) mass is 332 g/mol. The number of carbonyl (C=O) groups is 1. The lowest BCUT2D eigenvalue weighted by Crippen LogP contribution is -2.30. The predicted octanol–water partition coefficient (Wildman–Crippen LogP) is 2.58. The topological polar surface area (TPSA) is 59.6 Å². The fourth-order valence-corrected chi connectivity index (χ4v) is 2.04. The summed E-state index contributed by atoms with van der Waals surface area (Å²) >= 11 is 0. The van der Waals surface area contributed by atoms with Crippen LogP contribution in [-0.4, -0.2) is 32.7 Å². The number of methoxy groups -OCH3 is 1. The molecule has 0 heterocycles. The molecule has 0 aliphatic heterocycles. The summed E-state index contributed by atoms with van der Waals surface area (Å²) in [5.74, 6) is 0.163. The van der Waals surface area contributed by atoms with Crippen molar-refractivity contribution in [3.05, 3.63) is 59.9 Å². The van der Waals surface area contributed by atoms with E-state index in [1.165, 1.54) is 12.1 Å². The fraction of sp³-hybridized carbons (Fsp3) is 0.278. The molecule has 2 aromatic rings. The van der Waals surface area contributed by atoms with E-state index in [0.717, 1.165) is 5.56 Å². The molecule has 0 spiro atoms. The standard InChI is InChI=1S/C18H21FN2O3/c1-23-9-8-20-12-18(22)21-16-6-3-7-17(11-16)24-13-14-4-2-5-15(19)10-14/h2-7,10-11,20H,8-9,12-13H2,1H3,(H,21,22). The molecule has 0 saturated carbocycles. The van der Waals surface area contributed by atoms with Crippen molar-refractivity contribution < 1.29 is 18.7 Å². The minimum Gasteiger partial charge on any atom is -0.489 e. The largest absolute Gasteiger partial charge is 0.489 e. The highest BCUT2D eigenvalue weighted by atomic mass is 19.1. The Kier molecular flexibility index (Phi) is 7.20. The summed E-state index contributed by atoms with van der Waals surface area (Å²) in [5, 5.41) is 5.75. The average molecular weight is 332 g/mol. The summed E-state index contributed by atoms with van der Waals surface area (Å²) in [6, 6.07) is 13.3. The van der Waals surface area contributed by atoms with E-state index in [0.29, 0.717) is 24.6 Å². The van der Waals surface area contributed by atoms with Gasteiger partial charge in [-0.1, -0.05) is 18.2 Å². The highest BCUT2D eigenvalue weighted by Gasteiger charge is 2.04. The molecule has 128 valence electrons. The van der Waals surface area contributed by atoms with Gasteiger partial charge in [-0.2, -0.15) is 0 Å². The van der Waals surface area contributed by atoms with Crippen LogP contribution in [0.2, 0.25) is 0 Å². The minimum absolute atomic E-state index is 0.145. The molecule has 24 heavy (non-hydrogen) atoms. The van der Waals surface area contributed by atoms with Gasteiger partial charge in [0.1, 0.15) is 18.2 Å². The number of rotatable bonds is 9. The third kappa shape index (κ3) is 6.36. The van der Waals surface area contributed by atoms with Crippen molar-refractivity contribution in [1.29, 1.82) is 0 Å². The second kappa shape index (κ2) is 9.64. The van der Waals surface area contributed by atoms with Crippen molar-refractivity contribution in [3.8, 4) is 5.75 Å². The normalized spacial score (nSPS) is 10.4. The number of benzene rings is 2. The average Bonchev–Trinajstić information content (AvgIpc) is 2.57. The Balaban J connectivity index is 1.83. The van der Waals surface area contributed by atoms with Crippen LogP contribution in [0.15, 0.2) is 48.5 Å². The van der Waals surface area contributed by atoms with Crippen LogP contribution in [0.5, 0.6) is 5.75 Å². The lowest BCUT2D eigenvalue weighted by molar-refractivity contribution is -0.115. The van der Waals surface area contributed by atoms with Crippen LogP contribution in [-0.2, 0) is 16.1 Å². The van der Waals surface area contributed by atoms with Crippen molar-refractivity contribution in [3.63, 3.8) is 0 Å². The molecule has 0 saturated heterocycles. The van der Waals surface area contributed by atoms with Crippen LogP contribution in [0.3, 0.4) is 0 Å². The van der Waals surface area contributed by atoms with Crippen molar-refractivity contribution in [2.45, 2.75) is 6.61 Å². The van der Waals surface area contributed by atoms with E-state index < -0.39 is 0 Å². The second-order valence-corrected chi connectivity index (χ2v) is 5.16. The Hall–Kier alpha value is -2.44. The van der Waals surface area contributed by atoms with Crippen molar-refractivity contribution >= 4 is 11.6 Å². The third-order valence-electron chi connectivity index (χ3n) is 3.18. The Bertz CT molecular complexity index is 664. The Morgan fingerprint density at radius 2 is 2.00 bits per heavy atom. The fourth-order valence-electron chi connectivity index (χ4n) is 2.04. The first-order valence-corrected chi connectivity index (χ1v) is 7.64. The van der Waals surface area contributed by atoms with Gasteiger partial charge in [-0.05, 0) is 29.8 Å². The summed E-state index contributed by atoms with van der Waals surface area (Å²) in [6.07, 6.45) is 0. The number of carbonyl (C=O) groups excluding carboxylic acids is 1. The molecule has 2 N–H and O–H groups in total. The van der Waals surface area contributed by atoms with Crippen LogP contribution < -0.4 is 15.4 Å². The Morgan fingerprint density at radius 1 is 1.17 bits per heavy atom. The predicted molar refractivity (Wildman–Crippen MR) is 90.5 cm³/mol. The second-order valence-electron chi connectivity index (χ2n) is 5.16. The molecule has 0 radical (unpaired) electrons. The number of hydrogen-bond acceptors (Lipinski definition) is 4. The summed E-state index contributed by atoms with van der Waals surface area (Å²) in [6.45, 7) is 1.63. The SMILES string of the molecule is COCCNCC(=O)Nc1cccc(OCc2cccc(F)c2)c1. The van der Waals surface area contributed by atoms with Crippen molar-refractivity contribution in [1.82, 2.24) is 5.32 Å². The van der Waals surface area contributed by atoms with E-state index in [1.54, 1.807) is 43.5 Å². The Morgan fingerprint density at radius 3 is 2.79 bits per heavy atom. The van der Waals surface area contributed by atoms with Crippen molar-refractivity contribution in [2.24, 2.45) is 0 Å². The molecular weight excluding hydrogens is 311 g/mol. The van der Waals surface area contributed by atoms with Crippen LogP contribution in [0.1, 0.15) is 5.56 Å². The first-order chi connectivity index (χ1) is 11.7. The maximum absolute atomic E-state index is 13.1. The van der Waals surface area contributed by atoms with Gasteiger partial charge >= 0.3 is 0 Å². The maximum Gasteiger partial charge on any atom is 0.238 e. The molecule has 0 atom stereocenters. The summed E-state index contributed by atoms with van der Waals surface area (Å²) in [5.41, 5.74) is 1.39. The first-order valence-electron chi connectivity index (χ1n) is 7.64. The maximum atomic E-state index is 13.1. The van der Waals surface area contributed by atoms with E-state index in [4.69, 9.17) is 9.47 Å². The summed E-state index contributed by atoms with van der Waals surface area (Å²) in [4.78, 5) is 11.8. The third-order valence-corrected chi connectivity index (χ3v) is 3.18. The Labute approximate surface area is 140 Å². The van der Waals surface area contributed by atoms with Gasteiger partial charge < -0.3 is 20.1 Å². The van der Waals surface area contributed by atoms with Gasteiger partial charge in [0.05, 0.1) is 13.2 Å². The van der Waals surface area contributed by atoms with Crippen LogP contribution in [0, 0.1) is 5.82 Å². The van der Waals surface area contributed by atoms with E-state index in [1.807, 2.05) is 0 Å². The number of ether oxygens (including phenoxy) is 2. The van der Waals surface area contributed by atoms with Crippen molar-refractivity contribution in [2.75, 3.05) is 32.1 Å². The molecule has 0 unspecified atom stereocenters. The lowest BCUT2D eigenvalue weighted by Gasteiger charge is -2.10. The molecule has 0 aromatic heterocycles. The van der Waals surface area contributed by atoms with Gasteiger partial charge in [-0.3, -0.25) is 4.79 Å². The van der Waals surface area contributed by atoms with Crippen LogP contribution >= 0.6 is 0 Å². The van der Waals surface area contributed by atoms with Gasteiger partial charge in [0.15, 0.2) is 0 Å². The zero-order valence-electron chi connectivity index (χ0n) is 13.5. The van der Waals surface area contributed by atoms with Gasteiger partial charge in [0.25, 0.3) is 0 Å². The van der Waals surface area contributed by atoms with Gasteiger partial charge in [0, 0.05) is 25.4 Å². The van der Waals surface area contributed by atoms with Gasteiger partial charge in [-0.15, -0.1) is 0 Å². The lowest BCUT2D eigenvalue weighted by atomic mass is 10.2.